The van der Waals surface area contributed by atoms with E-state index in [9.17, 15) is 0 Å². The highest BCUT2D eigenvalue weighted by atomic mass is 127. The van der Waals surface area contributed by atoms with Crippen LogP contribution in [0.4, 0.5) is 0 Å². The first-order chi connectivity index (χ1) is 6.50. The number of rotatable bonds is 3. The Morgan fingerprint density at radius 1 is 1.29 bits per heavy atom. The molecule has 1 aromatic carbocycles. The lowest BCUT2D eigenvalue weighted by Gasteiger charge is -2.12. The van der Waals surface area contributed by atoms with Crippen molar-refractivity contribution in [2.45, 2.75) is 13.0 Å². The van der Waals surface area contributed by atoms with E-state index in [2.05, 4.69) is 79.9 Å². The molecule has 0 heterocycles. The minimum atomic E-state index is -0.430. The monoisotopic (exact) mass is 530 g/mol. The average molecular weight is 530 g/mol. The van der Waals surface area contributed by atoms with Gasteiger partial charge in [-0.25, -0.2) is 0 Å². The second kappa shape index (κ2) is 6.04. The second-order valence-corrected chi connectivity index (χ2v) is 6.43. The Hall–Kier alpha value is 1.17. The molecule has 78 valence electrons. The quantitative estimate of drug-likeness (QED) is 0.609. The summed E-state index contributed by atoms with van der Waals surface area (Å²) < 4.78 is 8.88. The van der Waals surface area contributed by atoms with Crippen LogP contribution >= 0.6 is 67.8 Å². The van der Waals surface area contributed by atoms with Crippen LogP contribution < -0.4 is 4.74 Å². The molecule has 0 saturated carbocycles. The molecular formula is C9H9I3O2. The van der Waals surface area contributed by atoms with Gasteiger partial charge in [-0.15, -0.1) is 0 Å². The number of ether oxygens (including phenoxy) is 1. The van der Waals surface area contributed by atoms with Gasteiger partial charge in [0, 0.05) is 3.57 Å². The van der Waals surface area contributed by atoms with Crippen molar-refractivity contribution in [2.75, 3.05) is 6.61 Å². The third kappa shape index (κ3) is 3.97. The molecule has 0 fully saturated rings. The predicted molar refractivity (Wildman–Crippen MR) is 81.8 cm³/mol. The predicted octanol–water partition coefficient (Wildman–Crippen LogP) is 3.26. The van der Waals surface area contributed by atoms with Crippen molar-refractivity contribution in [3.8, 4) is 5.75 Å². The topological polar surface area (TPSA) is 29.5 Å². The molecule has 0 saturated heterocycles. The lowest BCUT2D eigenvalue weighted by atomic mass is 10.3. The van der Waals surface area contributed by atoms with E-state index in [1.807, 2.05) is 0 Å². The summed E-state index contributed by atoms with van der Waals surface area (Å²) in [6.45, 7) is 2.05. The molecule has 0 aromatic heterocycles. The van der Waals surface area contributed by atoms with E-state index in [1.165, 1.54) is 3.57 Å². The van der Waals surface area contributed by atoms with Crippen LogP contribution in [0.2, 0.25) is 0 Å². The first-order valence-corrected chi connectivity index (χ1v) is 7.19. The lowest BCUT2D eigenvalue weighted by Crippen LogP contribution is -2.14. The van der Waals surface area contributed by atoms with Crippen molar-refractivity contribution in [3.63, 3.8) is 0 Å². The maximum Gasteiger partial charge on any atom is 0.146 e. The summed E-state index contributed by atoms with van der Waals surface area (Å²) in [7, 11) is 0. The van der Waals surface area contributed by atoms with Crippen LogP contribution in [0.5, 0.6) is 5.75 Å². The maximum absolute atomic E-state index is 9.12. The molecular weight excluding hydrogens is 521 g/mol. The molecule has 0 aliphatic carbocycles. The normalized spacial score (nSPS) is 12.6. The Kier molecular flexibility index (Phi) is 5.71. The minimum absolute atomic E-state index is 0.340. The van der Waals surface area contributed by atoms with Gasteiger partial charge in [0.2, 0.25) is 0 Å². The van der Waals surface area contributed by atoms with Gasteiger partial charge in [-0.05, 0) is 86.8 Å². The molecule has 0 bridgehead atoms. The van der Waals surface area contributed by atoms with Crippen LogP contribution in [0.3, 0.4) is 0 Å². The van der Waals surface area contributed by atoms with Gasteiger partial charge < -0.3 is 9.84 Å². The fourth-order valence-electron chi connectivity index (χ4n) is 0.871. The summed E-state index contributed by atoms with van der Waals surface area (Å²) in [6, 6.07) is 4.11. The van der Waals surface area contributed by atoms with Gasteiger partial charge in [0.05, 0.1) is 13.2 Å². The molecule has 0 aliphatic rings. The molecule has 1 N–H and O–H groups in total. The first-order valence-electron chi connectivity index (χ1n) is 3.96. The molecule has 5 heteroatoms. The minimum Gasteiger partial charge on any atom is -0.489 e. The van der Waals surface area contributed by atoms with Crippen LogP contribution in [0.15, 0.2) is 12.1 Å². The number of hydrogen-bond acceptors (Lipinski definition) is 2. The zero-order valence-electron chi connectivity index (χ0n) is 7.43. The molecule has 1 rings (SSSR count). The highest BCUT2D eigenvalue weighted by Gasteiger charge is 2.08. The van der Waals surface area contributed by atoms with Crippen molar-refractivity contribution in [1.82, 2.24) is 0 Å². The van der Waals surface area contributed by atoms with E-state index in [1.54, 1.807) is 6.92 Å². The average Bonchev–Trinajstić information content (AvgIpc) is 2.01. The molecule has 0 spiro atoms. The van der Waals surface area contributed by atoms with Crippen LogP contribution in [-0.2, 0) is 0 Å². The van der Waals surface area contributed by atoms with Crippen molar-refractivity contribution in [3.05, 3.63) is 22.8 Å². The smallest absolute Gasteiger partial charge is 0.146 e. The Morgan fingerprint density at radius 3 is 2.21 bits per heavy atom. The standard InChI is InChI=1S/C9H9I3O2/c1-5(13)4-14-9-7(11)2-6(10)3-8(9)12/h2-3,5,13H,4H2,1H3. The summed E-state index contributed by atoms with van der Waals surface area (Å²) in [5.74, 6) is 0.868. The molecule has 1 unspecified atom stereocenters. The van der Waals surface area contributed by atoms with Crippen molar-refractivity contribution < 1.29 is 9.84 Å². The second-order valence-electron chi connectivity index (χ2n) is 2.86. The Bertz CT molecular complexity index is 303. The van der Waals surface area contributed by atoms with Gasteiger partial charge in [0.25, 0.3) is 0 Å². The van der Waals surface area contributed by atoms with E-state index in [0.29, 0.717) is 6.61 Å². The fourth-order valence-corrected chi connectivity index (χ4v) is 4.76. The summed E-state index contributed by atoms with van der Waals surface area (Å²) in [4.78, 5) is 0. The van der Waals surface area contributed by atoms with Gasteiger partial charge in [-0.3, -0.25) is 0 Å². The van der Waals surface area contributed by atoms with E-state index >= 15 is 0 Å². The van der Waals surface area contributed by atoms with E-state index in [4.69, 9.17) is 9.84 Å². The van der Waals surface area contributed by atoms with Gasteiger partial charge >= 0.3 is 0 Å². The van der Waals surface area contributed by atoms with Crippen molar-refractivity contribution in [2.24, 2.45) is 0 Å². The Labute approximate surface area is 124 Å². The molecule has 14 heavy (non-hydrogen) atoms. The van der Waals surface area contributed by atoms with Crippen LogP contribution in [-0.4, -0.2) is 17.8 Å². The lowest BCUT2D eigenvalue weighted by molar-refractivity contribution is 0.121. The van der Waals surface area contributed by atoms with Gasteiger partial charge in [-0.2, -0.15) is 0 Å². The highest BCUT2D eigenvalue weighted by Crippen LogP contribution is 2.29. The Morgan fingerprint density at radius 2 is 1.79 bits per heavy atom. The summed E-state index contributed by atoms with van der Waals surface area (Å²) >= 11 is 6.76. The van der Waals surface area contributed by atoms with Crippen LogP contribution in [0.25, 0.3) is 0 Å². The molecule has 0 radical (unpaired) electrons. The van der Waals surface area contributed by atoms with Crippen LogP contribution in [0, 0.1) is 10.7 Å². The summed E-state index contributed by atoms with van der Waals surface area (Å²) in [6.07, 6.45) is -0.430. The fraction of sp³-hybridized carbons (Fsp3) is 0.333. The zero-order chi connectivity index (χ0) is 10.7. The first kappa shape index (κ1) is 13.2. The van der Waals surface area contributed by atoms with E-state index in [-0.39, 0.29) is 0 Å². The number of halogens is 3. The van der Waals surface area contributed by atoms with Gasteiger partial charge in [0.15, 0.2) is 0 Å². The van der Waals surface area contributed by atoms with Crippen molar-refractivity contribution in [1.29, 1.82) is 0 Å². The molecule has 0 amide bonds. The zero-order valence-corrected chi connectivity index (χ0v) is 13.9. The number of benzene rings is 1. The van der Waals surface area contributed by atoms with Gasteiger partial charge in [0.1, 0.15) is 12.4 Å². The number of aliphatic hydroxyl groups excluding tert-OH is 1. The largest absolute Gasteiger partial charge is 0.489 e. The van der Waals surface area contributed by atoms with E-state index < -0.39 is 6.10 Å². The number of hydrogen-bond donors (Lipinski definition) is 1. The third-order valence-electron chi connectivity index (χ3n) is 1.43. The Balaban J connectivity index is 2.86. The highest BCUT2D eigenvalue weighted by molar-refractivity contribution is 14.1. The SMILES string of the molecule is CC(O)COc1c(I)cc(I)cc1I. The molecule has 2 nitrogen and oxygen atoms in total. The summed E-state index contributed by atoms with van der Waals surface area (Å²) in [5.41, 5.74) is 0. The number of aliphatic hydroxyl groups is 1. The molecule has 1 atom stereocenters. The maximum atomic E-state index is 9.12. The summed E-state index contributed by atoms with van der Waals surface area (Å²) in [5, 5.41) is 9.12. The molecule has 1 aromatic rings. The van der Waals surface area contributed by atoms with E-state index in [0.717, 1.165) is 12.9 Å². The van der Waals surface area contributed by atoms with Gasteiger partial charge in [-0.1, -0.05) is 0 Å². The molecule has 0 aliphatic heterocycles. The van der Waals surface area contributed by atoms with Crippen molar-refractivity contribution >= 4 is 67.8 Å². The van der Waals surface area contributed by atoms with Crippen LogP contribution in [0.1, 0.15) is 6.92 Å². The third-order valence-corrected chi connectivity index (χ3v) is 3.66.